The van der Waals surface area contributed by atoms with E-state index in [9.17, 15) is 0 Å². The molecule has 0 aliphatic heterocycles. The van der Waals surface area contributed by atoms with Crippen LogP contribution >= 0.6 is 0 Å². The first kappa shape index (κ1) is 20.7. The summed E-state index contributed by atoms with van der Waals surface area (Å²) in [5, 5.41) is 10.6. The third kappa shape index (κ3) is 6.92. The molecular weight excluding hydrogens is 342 g/mol. The zero-order chi connectivity index (χ0) is 19.5. The van der Waals surface area contributed by atoms with Gasteiger partial charge in [-0.1, -0.05) is 37.2 Å². The van der Waals surface area contributed by atoms with Gasteiger partial charge < -0.3 is 19.9 Å². The lowest BCUT2D eigenvalue weighted by Crippen LogP contribution is -2.37. The molecule has 0 atom stereocenters. The normalized spacial score (nSPS) is 11.7. The number of rotatable bonds is 10. The fourth-order valence-electron chi connectivity index (χ4n) is 2.49. The molecule has 7 nitrogen and oxygen atoms in total. The second-order valence-corrected chi connectivity index (χ2v) is 6.47. The number of ether oxygens (including phenoxy) is 1. The number of aliphatic imine (C=N–C) groups is 1. The van der Waals surface area contributed by atoms with Crippen LogP contribution in [0.5, 0.6) is 5.75 Å². The molecule has 0 aliphatic carbocycles. The van der Waals surface area contributed by atoms with E-state index >= 15 is 0 Å². The summed E-state index contributed by atoms with van der Waals surface area (Å²) >= 11 is 0. The van der Waals surface area contributed by atoms with Crippen LogP contribution in [-0.4, -0.2) is 35.8 Å². The van der Waals surface area contributed by atoms with Crippen molar-refractivity contribution in [1.82, 2.24) is 20.8 Å². The first-order chi connectivity index (χ1) is 13.1. The summed E-state index contributed by atoms with van der Waals surface area (Å²) in [6.07, 6.45) is 1.64. The Morgan fingerprint density at radius 3 is 2.74 bits per heavy atom. The number of aryl methyl sites for hydroxylation is 1. The number of guanidine groups is 1. The van der Waals surface area contributed by atoms with E-state index in [0.29, 0.717) is 19.0 Å². The van der Waals surface area contributed by atoms with Crippen LogP contribution in [-0.2, 0) is 13.0 Å². The molecule has 1 heterocycles. The summed E-state index contributed by atoms with van der Waals surface area (Å²) < 4.78 is 10.9. The van der Waals surface area contributed by atoms with Crippen LogP contribution in [0.2, 0.25) is 0 Å². The van der Waals surface area contributed by atoms with Crippen LogP contribution in [0, 0.1) is 0 Å². The van der Waals surface area contributed by atoms with Gasteiger partial charge in [0.15, 0.2) is 11.8 Å². The molecule has 0 spiro atoms. The largest absolute Gasteiger partial charge is 0.494 e. The van der Waals surface area contributed by atoms with Crippen LogP contribution in [0.4, 0.5) is 0 Å². The lowest BCUT2D eigenvalue weighted by atomic mass is 10.2. The minimum absolute atomic E-state index is 0.285. The van der Waals surface area contributed by atoms with Gasteiger partial charge in [-0.2, -0.15) is 4.98 Å². The number of para-hydroxylation sites is 1. The highest BCUT2D eigenvalue weighted by atomic mass is 16.5. The minimum Gasteiger partial charge on any atom is -0.494 e. The molecule has 0 saturated carbocycles. The van der Waals surface area contributed by atoms with Gasteiger partial charge in [0, 0.05) is 31.0 Å². The highest BCUT2D eigenvalue weighted by Crippen LogP contribution is 2.18. The maximum absolute atomic E-state index is 5.66. The van der Waals surface area contributed by atoms with Crippen molar-refractivity contribution < 1.29 is 9.26 Å². The first-order valence-electron chi connectivity index (χ1n) is 9.69. The Morgan fingerprint density at radius 2 is 2.04 bits per heavy atom. The summed E-state index contributed by atoms with van der Waals surface area (Å²) in [6.45, 7) is 10.9. The molecule has 27 heavy (non-hydrogen) atoms. The van der Waals surface area contributed by atoms with Crippen LogP contribution in [0.25, 0.3) is 0 Å². The maximum Gasteiger partial charge on any atom is 0.226 e. The van der Waals surface area contributed by atoms with Gasteiger partial charge in [-0.3, -0.25) is 0 Å². The second-order valence-electron chi connectivity index (χ2n) is 6.47. The van der Waals surface area contributed by atoms with Crippen molar-refractivity contribution in [2.75, 3.05) is 19.7 Å². The van der Waals surface area contributed by atoms with E-state index in [2.05, 4.69) is 46.5 Å². The molecule has 0 bridgehead atoms. The van der Waals surface area contributed by atoms with Crippen molar-refractivity contribution in [3.63, 3.8) is 0 Å². The van der Waals surface area contributed by atoms with Crippen molar-refractivity contribution in [2.24, 2.45) is 4.99 Å². The minimum atomic E-state index is 0.285. The van der Waals surface area contributed by atoms with Gasteiger partial charge in [0.2, 0.25) is 5.89 Å². The molecule has 1 aromatic carbocycles. The Bertz CT molecular complexity index is 712. The number of hydrogen-bond acceptors (Lipinski definition) is 5. The summed E-state index contributed by atoms with van der Waals surface area (Å²) in [5.41, 5.74) is 1.07. The van der Waals surface area contributed by atoms with Gasteiger partial charge in [-0.05, 0) is 26.3 Å². The number of benzene rings is 1. The molecule has 1 aromatic heterocycles. The SMILES string of the molecule is CCNC(=NCc1ccccc1OCC)NCCCc1nc(C(C)C)no1. The van der Waals surface area contributed by atoms with Gasteiger partial charge >= 0.3 is 0 Å². The lowest BCUT2D eigenvalue weighted by Gasteiger charge is -2.12. The molecule has 0 aliphatic rings. The van der Waals surface area contributed by atoms with Crippen LogP contribution in [0.1, 0.15) is 57.3 Å². The van der Waals surface area contributed by atoms with Crippen LogP contribution in [0.3, 0.4) is 0 Å². The van der Waals surface area contributed by atoms with Gasteiger partial charge in [0.05, 0.1) is 13.2 Å². The Labute approximate surface area is 161 Å². The molecule has 2 N–H and O–H groups in total. The lowest BCUT2D eigenvalue weighted by molar-refractivity contribution is 0.336. The quantitative estimate of drug-likeness (QED) is 0.378. The molecule has 0 amide bonds. The average molecular weight is 374 g/mol. The molecule has 0 fully saturated rings. The van der Waals surface area contributed by atoms with E-state index in [-0.39, 0.29) is 5.92 Å². The smallest absolute Gasteiger partial charge is 0.226 e. The average Bonchev–Trinajstić information content (AvgIpc) is 3.14. The van der Waals surface area contributed by atoms with Gasteiger partial charge in [-0.25, -0.2) is 4.99 Å². The Kier molecular flexibility index (Phi) is 8.61. The van der Waals surface area contributed by atoms with Gasteiger partial charge in [0.1, 0.15) is 5.75 Å². The number of hydrogen-bond donors (Lipinski definition) is 2. The molecule has 0 radical (unpaired) electrons. The summed E-state index contributed by atoms with van der Waals surface area (Å²) in [6, 6.07) is 8.00. The second kappa shape index (κ2) is 11.2. The Balaban J connectivity index is 1.84. The molecule has 0 saturated heterocycles. The number of nitrogens with one attached hydrogen (secondary N) is 2. The van der Waals surface area contributed by atoms with Crippen molar-refractivity contribution in [3.05, 3.63) is 41.5 Å². The highest BCUT2D eigenvalue weighted by Gasteiger charge is 2.09. The van der Waals surface area contributed by atoms with Crippen molar-refractivity contribution in [2.45, 2.75) is 53.0 Å². The first-order valence-corrected chi connectivity index (χ1v) is 9.69. The van der Waals surface area contributed by atoms with Crippen molar-refractivity contribution in [1.29, 1.82) is 0 Å². The van der Waals surface area contributed by atoms with Crippen molar-refractivity contribution >= 4 is 5.96 Å². The molecule has 0 unspecified atom stereocenters. The molecule has 2 rings (SSSR count). The topological polar surface area (TPSA) is 84.6 Å². The van der Waals surface area contributed by atoms with Gasteiger partial charge in [-0.15, -0.1) is 0 Å². The number of nitrogens with zero attached hydrogens (tertiary/aromatic N) is 3. The fourth-order valence-corrected chi connectivity index (χ4v) is 2.49. The maximum atomic E-state index is 5.66. The highest BCUT2D eigenvalue weighted by molar-refractivity contribution is 5.79. The monoisotopic (exact) mass is 373 g/mol. The summed E-state index contributed by atoms with van der Waals surface area (Å²) in [7, 11) is 0. The molecule has 2 aromatic rings. The summed E-state index contributed by atoms with van der Waals surface area (Å²) in [5.74, 6) is 3.41. The van der Waals surface area contributed by atoms with Crippen LogP contribution in [0.15, 0.2) is 33.8 Å². The third-order valence-electron chi connectivity index (χ3n) is 3.88. The zero-order valence-electron chi connectivity index (χ0n) is 16.8. The van der Waals surface area contributed by atoms with E-state index in [1.807, 2.05) is 31.2 Å². The zero-order valence-corrected chi connectivity index (χ0v) is 16.8. The third-order valence-corrected chi connectivity index (χ3v) is 3.88. The fraction of sp³-hybridized carbons (Fsp3) is 0.550. The predicted octanol–water partition coefficient (Wildman–Crippen LogP) is 3.28. The van der Waals surface area contributed by atoms with E-state index in [4.69, 9.17) is 9.26 Å². The van der Waals surface area contributed by atoms with E-state index in [1.54, 1.807) is 0 Å². The van der Waals surface area contributed by atoms with Gasteiger partial charge in [0.25, 0.3) is 0 Å². The molecule has 7 heteroatoms. The molecular formula is C20H31N5O2. The molecule has 148 valence electrons. The van der Waals surface area contributed by atoms with E-state index in [0.717, 1.165) is 49.0 Å². The van der Waals surface area contributed by atoms with Crippen molar-refractivity contribution in [3.8, 4) is 5.75 Å². The summed E-state index contributed by atoms with van der Waals surface area (Å²) in [4.78, 5) is 9.06. The van der Waals surface area contributed by atoms with Crippen LogP contribution < -0.4 is 15.4 Å². The number of aromatic nitrogens is 2. The van der Waals surface area contributed by atoms with E-state index in [1.165, 1.54) is 0 Å². The Morgan fingerprint density at radius 1 is 1.22 bits per heavy atom. The predicted molar refractivity (Wildman–Crippen MR) is 107 cm³/mol. The Hall–Kier alpha value is -2.57. The van der Waals surface area contributed by atoms with E-state index < -0.39 is 0 Å². The standard InChI is InChI=1S/C20H31N5O2/c1-5-21-20(23-14-16-10-7-8-11-17(16)26-6-2)22-13-9-12-18-24-19(15(3)4)25-27-18/h7-8,10-11,15H,5-6,9,12-14H2,1-4H3,(H2,21,22,23).